The van der Waals surface area contributed by atoms with E-state index in [1.54, 1.807) is 0 Å². The van der Waals surface area contributed by atoms with Gasteiger partial charge in [-0.1, -0.05) is 11.6 Å². The molecule has 0 amide bonds. The summed E-state index contributed by atoms with van der Waals surface area (Å²) in [6.45, 7) is 0. The first-order valence-corrected chi connectivity index (χ1v) is 7.56. The van der Waals surface area contributed by atoms with E-state index < -0.39 is 0 Å². The molecule has 5 heteroatoms. The van der Waals surface area contributed by atoms with Crippen molar-refractivity contribution < 1.29 is 4.79 Å². The van der Waals surface area contributed by atoms with Crippen LogP contribution in [0.5, 0.6) is 0 Å². The molecule has 2 aromatic heterocycles. The fourth-order valence-electron chi connectivity index (χ4n) is 1.92. The Balaban J connectivity index is 2.19. The first-order chi connectivity index (χ1) is 7.65. The van der Waals surface area contributed by atoms with Crippen LogP contribution in [0.3, 0.4) is 0 Å². The van der Waals surface area contributed by atoms with Crippen molar-refractivity contribution in [2.45, 2.75) is 12.8 Å². The Bertz CT molecular complexity index is 535. The van der Waals surface area contributed by atoms with Gasteiger partial charge in [0.15, 0.2) is 0 Å². The average molecular weight is 334 g/mol. The zero-order valence-electron chi connectivity index (χ0n) is 8.05. The van der Waals surface area contributed by atoms with Crippen LogP contribution in [0.15, 0.2) is 15.9 Å². The predicted molar refractivity (Wildman–Crippen MR) is 72.2 cm³/mol. The highest BCUT2D eigenvalue weighted by Gasteiger charge is 2.25. The fraction of sp³-hybridized carbons (Fsp3) is 0.182. The van der Waals surface area contributed by atoms with Crippen LogP contribution in [-0.2, 0) is 12.8 Å². The van der Waals surface area contributed by atoms with Crippen molar-refractivity contribution in [3.63, 3.8) is 0 Å². The molecule has 0 aromatic carbocycles. The standard InChI is InChI=1S/C11H6BrClOS2/c12-7-3-5-1-2-6-4-8(13)16-11(6)9(14)10(5)15-7/h3-4H,1-2H2. The van der Waals surface area contributed by atoms with Crippen molar-refractivity contribution in [2.75, 3.05) is 0 Å². The third-order valence-electron chi connectivity index (χ3n) is 2.63. The summed E-state index contributed by atoms with van der Waals surface area (Å²) in [7, 11) is 0. The molecule has 1 aliphatic rings. The SMILES string of the molecule is O=C1c2sc(Cl)cc2CCc2cc(Br)sc21. The zero-order valence-corrected chi connectivity index (χ0v) is 12.0. The highest BCUT2D eigenvalue weighted by atomic mass is 79.9. The Morgan fingerprint density at radius 2 is 1.75 bits per heavy atom. The average Bonchev–Trinajstić information content (AvgIpc) is 2.75. The molecular formula is C11H6BrClOS2. The second-order valence-electron chi connectivity index (χ2n) is 3.64. The third kappa shape index (κ3) is 1.68. The van der Waals surface area contributed by atoms with E-state index in [-0.39, 0.29) is 5.78 Å². The van der Waals surface area contributed by atoms with Crippen molar-refractivity contribution in [1.82, 2.24) is 0 Å². The first kappa shape index (κ1) is 11.0. The number of carbonyl (C=O) groups excluding carboxylic acids is 1. The van der Waals surface area contributed by atoms with Gasteiger partial charge in [0.1, 0.15) is 0 Å². The number of hydrogen-bond acceptors (Lipinski definition) is 3. The van der Waals surface area contributed by atoms with E-state index in [0.717, 1.165) is 37.5 Å². The normalized spacial score (nSPS) is 14.5. The molecule has 0 fully saturated rings. The summed E-state index contributed by atoms with van der Waals surface area (Å²) in [4.78, 5) is 14.0. The first-order valence-electron chi connectivity index (χ1n) is 4.76. The Morgan fingerprint density at radius 1 is 1.12 bits per heavy atom. The maximum atomic E-state index is 12.3. The molecule has 0 saturated carbocycles. The van der Waals surface area contributed by atoms with E-state index in [0.29, 0.717) is 4.34 Å². The van der Waals surface area contributed by atoms with Gasteiger partial charge in [-0.3, -0.25) is 4.79 Å². The Morgan fingerprint density at radius 3 is 2.50 bits per heavy atom. The van der Waals surface area contributed by atoms with Gasteiger partial charge in [0, 0.05) is 0 Å². The van der Waals surface area contributed by atoms with Crippen LogP contribution in [-0.4, -0.2) is 5.78 Å². The summed E-state index contributed by atoms with van der Waals surface area (Å²) < 4.78 is 1.73. The van der Waals surface area contributed by atoms with E-state index in [2.05, 4.69) is 22.0 Å². The lowest BCUT2D eigenvalue weighted by molar-refractivity contribution is 0.104. The van der Waals surface area contributed by atoms with Crippen molar-refractivity contribution in [3.8, 4) is 0 Å². The van der Waals surface area contributed by atoms with Crippen LogP contribution < -0.4 is 0 Å². The summed E-state index contributed by atoms with van der Waals surface area (Å²) in [6, 6.07) is 3.97. The van der Waals surface area contributed by atoms with Crippen molar-refractivity contribution in [2.24, 2.45) is 0 Å². The van der Waals surface area contributed by atoms with E-state index in [4.69, 9.17) is 11.6 Å². The monoisotopic (exact) mass is 332 g/mol. The molecular weight excluding hydrogens is 328 g/mol. The highest BCUT2D eigenvalue weighted by molar-refractivity contribution is 9.11. The molecule has 2 aromatic rings. The predicted octanol–water partition coefficient (Wildman–Crippen LogP) is 4.56. The number of hydrogen-bond donors (Lipinski definition) is 0. The molecule has 1 nitrogen and oxygen atoms in total. The minimum Gasteiger partial charge on any atom is -0.287 e. The van der Waals surface area contributed by atoms with Crippen LogP contribution in [0.4, 0.5) is 0 Å². The number of fused-ring (bicyclic) bond motifs is 2. The molecule has 0 atom stereocenters. The van der Waals surface area contributed by atoms with Gasteiger partial charge in [-0.2, -0.15) is 0 Å². The molecule has 0 bridgehead atoms. The minimum absolute atomic E-state index is 0.134. The van der Waals surface area contributed by atoms with Crippen LogP contribution >= 0.6 is 50.2 Å². The Labute approximate surface area is 114 Å². The number of carbonyl (C=O) groups is 1. The van der Waals surface area contributed by atoms with Crippen LogP contribution in [0.1, 0.15) is 25.7 Å². The maximum absolute atomic E-state index is 12.3. The minimum atomic E-state index is 0.134. The molecule has 0 aliphatic heterocycles. The number of aryl methyl sites for hydroxylation is 2. The van der Waals surface area contributed by atoms with Crippen LogP contribution in [0.2, 0.25) is 4.34 Å². The van der Waals surface area contributed by atoms with Gasteiger partial charge >= 0.3 is 0 Å². The Hall–Kier alpha value is -0.160. The summed E-state index contributed by atoms with van der Waals surface area (Å²) >= 11 is 12.3. The Kier molecular flexibility index (Phi) is 2.70. The summed E-state index contributed by atoms with van der Waals surface area (Å²) in [5.74, 6) is 0.134. The van der Waals surface area contributed by atoms with E-state index in [1.807, 2.05) is 6.07 Å². The quantitative estimate of drug-likeness (QED) is 0.691. The van der Waals surface area contributed by atoms with E-state index in [1.165, 1.54) is 22.7 Å². The fourth-order valence-corrected chi connectivity index (χ4v) is 4.87. The lowest BCUT2D eigenvalue weighted by atomic mass is 10.1. The number of halogens is 2. The number of rotatable bonds is 0. The number of thiophene rings is 2. The zero-order chi connectivity index (χ0) is 11.3. The second kappa shape index (κ2) is 3.95. The van der Waals surface area contributed by atoms with Gasteiger partial charge in [0.05, 0.1) is 17.9 Å². The van der Waals surface area contributed by atoms with Crippen LogP contribution in [0, 0.1) is 0 Å². The van der Waals surface area contributed by atoms with Crippen molar-refractivity contribution >= 4 is 56.0 Å². The van der Waals surface area contributed by atoms with Gasteiger partial charge in [-0.15, -0.1) is 22.7 Å². The summed E-state index contributed by atoms with van der Waals surface area (Å²) in [6.07, 6.45) is 1.82. The van der Waals surface area contributed by atoms with Gasteiger partial charge < -0.3 is 0 Å². The molecule has 0 unspecified atom stereocenters. The van der Waals surface area contributed by atoms with Crippen molar-refractivity contribution in [1.29, 1.82) is 0 Å². The molecule has 16 heavy (non-hydrogen) atoms. The van der Waals surface area contributed by atoms with Gasteiger partial charge in [0.2, 0.25) is 5.78 Å². The maximum Gasteiger partial charge on any atom is 0.213 e. The summed E-state index contributed by atoms with van der Waals surface area (Å²) in [5, 5.41) is 0. The number of ketones is 1. The molecule has 0 spiro atoms. The molecule has 0 N–H and O–H groups in total. The van der Waals surface area contributed by atoms with Gasteiger partial charge in [-0.05, 0) is 52.0 Å². The lowest BCUT2D eigenvalue weighted by Gasteiger charge is -1.94. The van der Waals surface area contributed by atoms with E-state index in [9.17, 15) is 4.79 Å². The molecule has 1 aliphatic carbocycles. The van der Waals surface area contributed by atoms with E-state index >= 15 is 0 Å². The van der Waals surface area contributed by atoms with Gasteiger partial charge in [0.25, 0.3) is 0 Å². The summed E-state index contributed by atoms with van der Waals surface area (Å²) in [5.41, 5.74) is 2.25. The highest BCUT2D eigenvalue weighted by Crippen LogP contribution is 2.37. The molecule has 2 heterocycles. The smallest absolute Gasteiger partial charge is 0.213 e. The van der Waals surface area contributed by atoms with Crippen LogP contribution in [0.25, 0.3) is 0 Å². The molecule has 82 valence electrons. The van der Waals surface area contributed by atoms with Crippen molar-refractivity contribution in [3.05, 3.63) is 41.1 Å². The molecule has 0 saturated heterocycles. The third-order valence-corrected chi connectivity index (χ3v) is 5.62. The topological polar surface area (TPSA) is 17.1 Å². The second-order valence-corrected chi connectivity index (χ2v) is 7.75. The molecule has 3 rings (SSSR count). The lowest BCUT2D eigenvalue weighted by Crippen LogP contribution is -1.97. The largest absolute Gasteiger partial charge is 0.287 e. The van der Waals surface area contributed by atoms with Gasteiger partial charge in [-0.25, -0.2) is 0 Å². The molecule has 0 radical (unpaired) electrons.